The third-order valence-electron chi connectivity index (χ3n) is 6.41. The second-order valence-corrected chi connectivity index (χ2v) is 9.79. The average molecular weight is 463 g/mol. The van der Waals surface area contributed by atoms with Gasteiger partial charge in [-0.2, -0.15) is 13.2 Å². The Hall–Kier alpha value is -2.46. The van der Waals surface area contributed by atoms with Crippen LogP contribution >= 0.6 is 11.3 Å². The molecule has 10 heteroatoms. The average Bonchev–Trinajstić information content (AvgIpc) is 3.35. The minimum atomic E-state index is -4.22. The van der Waals surface area contributed by atoms with Crippen LogP contribution in [0, 0.1) is 11.8 Å². The van der Waals surface area contributed by atoms with E-state index >= 15 is 0 Å². The Kier molecular flexibility index (Phi) is 5.66. The van der Waals surface area contributed by atoms with Gasteiger partial charge in [-0.25, -0.2) is 15.0 Å². The molecule has 170 valence electrons. The van der Waals surface area contributed by atoms with Crippen molar-refractivity contribution in [2.75, 3.05) is 43.4 Å². The summed E-state index contributed by atoms with van der Waals surface area (Å²) in [7, 11) is 1.86. The number of aromatic nitrogens is 3. The highest BCUT2D eigenvalue weighted by molar-refractivity contribution is 7.18. The summed E-state index contributed by atoms with van der Waals surface area (Å²) < 4.78 is 38.6. The summed E-state index contributed by atoms with van der Waals surface area (Å²) >= 11 is 1.11. The Morgan fingerprint density at radius 2 is 1.97 bits per heavy atom. The fourth-order valence-electron chi connectivity index (χ4n) is 4.91. The highest BCUT2D eigenvalue weighted by Crippen LogP contribution is 2.38. The summed E-state index contributed by atoms with van der Waals surface area (Å²) in [6.45, 7) is 4.69. The maximum Gasteiger partial charge on any atom is 0.393 e. The Balaban J connectivity index is 1.28. The van der Waals surface area contributed by atoms with Crippen LogP contribution in [0.15, 0.2) is 30.7 Å². The number of rotatable bonds is 5. The first-order chi connectivity index (χ1) is 15.4. The lowest BCUT2D eigenvalue weighted by Crippen LogP contribution is -2.39. The summed E-state index contributed by atoms with van der Waals surface area (Å²) in [5.41, 5.74) is 1.20. The molecule has 5 heterocycles. The molecule has 2 fully saturated rings. The van der Waals surface area contributed by atoms with Crippen molar-refractivity contribution in [2.45, 2.75) is 25.6 Å². The van der Waals surface area contributed by atoms with E-state index in [4.69, 9.17) is 0 Å². The van der Waals surface area contributed by atoms with E-state index in [1.165, 1.54) is 11.9 Å². The second kappa shape index (κ2) is 8.47. The summed E-state index contributed by atoms with van der Waals surface area (Å²) in [4.78, 5) is 18.7. The number of nitrogens with zero attached hydrogens (tertiary/aromatic N) is 5. The van der Waals surface area contributed by atoms with Crippen molar-refractivity contribution >= 4 is 33.2 Å². The molecule has 5 rings (SSSR count). The standard InChI is InChI=1S/C22H25F3N6S/c1-26-19-3-2-14(8-27-19)9-30-5-4-15-11-31(12-16(15)10-30)20-18-6-17(7-22(23,24)25)32-21(18)29-13-28-20/h2-3,6,8,13,15-16H,4-5,7,9-12H2,1H3,(H,26,27)/t15-,16+/m1/s1. The van der Waals surface area contributed by atoms with Gasteiger partial charge in [0, 0.05) is 44.3 Å². The number of alkyl halides is 3. The minimum absolute atomic E-state index is 0.287. The van der Waals surface area contributed by atoms with Crippen LogP contribution in [0.5, 0.6) is 0 Å². The maximum absolute atomic E-state index is 12.9. The van der Waals surface area contributed by atoms with Gasteiger partial charge < -0.3 is 10.2 Å². The number of hydrogen-bond donors (Lipinski definition) is 1. The molecule has 0 radical (unpaired) electrons. The number of piperidine rings is 1. The summed E-state index contributed by atoms with van der Waals surface area (Å²) in [5, 5.41) is 3.78. The predicted molar refractivity (Wildman–Crippen MR) is 120 cm³/mol. The zero-order chi connectivity index (χ0) is 22.3. The molecule has 0 unspecified atom stereocenters. The van der Waals surface area contributed by atoms with Gasteiger partial charge >= 0.3 is 6.18 Å². The van der Waals surface area contributed by atoms with Crippen LogP contribution in [-0.4, -0.2) is 59.3 Å². The molecule has 32 heavy (non-hydrogen) atoms. The fraction of sp³-hybridized carbons (Fsp3) is 0.500. The number of pyridine rings is 1. The minimum Gasteiger partial charge on any atom is -0.373 e. The molecule has 0 amide bonds. The van der Waals surface area contributed by atoms with Crippen molar-refractivity contribution in [3.05, 3.63) is 41.2 Å². The van der Waals surface area contributed by atoms with E-state index in [1.807, 2.05) is 19.3 Å². The quantitative estimate of drug-likeness (QED) is 0.614. The molecule has 1 N–H and O–H groups in total. The Morgan fingerprint density at radius 1 is 1.12 bits per heavy atom. The molecule has 2 aliphatic heterocycles. The molecule has 2 saturated heterocycles. The van der Waals surface area contributed by atoms with Crippen molar-refractivity contribution in [1.82, 2.24) is 19.9 Å². The lowest BCUT2D eigenvalue weighted by Gasteiger charge is -2.34. The first-order valence-electron chi connectivity index (χ1n) is 10.8. The van der Waals surface area contributed by atoms with E-state index in [-0.39, 0.29) is 4.88 Å². The summed E-state index contributed by atoms with van der Waals surface area (Å²) in [6, 6.07) is 5.73. The largest absolute Gasteiger partial charge is 0.393 e. The van der Waals surface area contributed by atoms with Crippen LogP contribution in [0.1, 0.15) is 16.9 Å². The van der Waals surface area contributed by atoms with E-state index in [1.54, 1.807) is 6.07 Å². The zero-order valence-electron chi connectivity index (χ0n) is 17.8. The normalized spacial score (nSPS) is 21.8. The number of fused-ring (bicyclic) bond motifs is 2. The number of hydrogen-bond acceptors (Lipinski definition) is 7. The second-order valence-electron chi connectivity index (χ2n) is 8.67. The first kappa shape index (κ1) is 21.4. The monoisotopic (exact) mass is 462 g/mol. The van der Waals surface area contributed by atoms with Gasteiger partial charge in [-0.1, -0.05) is 6.07 Å². The molecule has 2 atom stereocenters. The van der Waals surface area contributed by atoms with Gasteiger partial charge in [-0.05, 0) is 42.5 Å². The van der Waals surface area contributed by atoms with Gasteiger partial charge in [0.15, 0.2) is 0 Å². The molecule has 2 aliphatic rings. The van der Waals surface area contributed by atoms with Crippen LogP contribution in [0.4, 0.5) is 24.8 Å². The number of nitrogens with one attached hydrogen (secondary N) is 1. The molecule has 3 aromatic heterocycles. The van der Waals surface area contributed by atoms with E-state index < -0.39 is 12.6 Å². The van der Waals surface area contributed by atoms with E-state index in [2.05, 4.69) is 36.1 Å². The van der Waals surface area contributed by atoms with Gasteiger partial charge in [0.1, 0.15) is 22.8 Å². The fourth-order valence-corrected chi connectivity index (χ4v) is 5.94. The molecule has 0 spiro atoms. The molecule has 6 nitrogen and oxygen atoms in total. The SMILES string of the molecule is CNc1ccc(CN2CC[C@@H]3CN(c4ncnc5sc(CC(F)(F)F)cc45)C[C@@H]3C2)cn1. The molecular weight excluding hydrogens is 437 g/mol. The van der Waals surface area contributed by atoms with Crippen molar-refractivity contribution in [2.24, 2.45) is 11.8 Å². The van der Waals surface area contributed by atoms with E-state index in [0.29, 0.717) is 16.7 Å². The van der Waals surface area contributed by atoms with E-state index in [0.717, 1.165) is 67.5 Å². The first-order valence-corrected chi connectivity index (χ1v) is 11.6. The van der Waals surface area contributed by atoms with E-state index in [9.17, 15) is 13.2 Å². The van der Waals surface area contributed by atoms with Crippen LogP contribution in [0.25, 0.3) is 10.2 Å². The van der Waals surface area contributed by atoms with Gasteiger partial charge in [0.2, 0.25) is 0 Å². The van der Waals surface area contributed by atoms with Crippen LogP contribution in [-0.2, 0) is 13.0 Å². The highest BCUT2D eigenvalue weighted by Gasteiger charge is 2.38. The summed E-state index contributed by atoms with van der Waals surface area (Å²) in [6.07, 6.45) is -0.630. The molecular formula is C22H25F3N6S. The van der Waals surface area contributed by atoms with Crippen molar-refractivity contribution in [3.8, 4) is 0 Å². The lowest BCUT2D eigenvalue weighted by molar-refractivity contribution is -0.126. The third kappa shape index (κ3) is 4.52. The van der Waals surface area contributed by atoms with Crippen molar-refractivity contribution < 1.29 is 13.2 Å². The molecule has 0 bridgehead atoms. The van der Waals surface area contributed by atoms with Gasteiger partial charge in [-0.3, -0.25) is 4.90 Å². The molecule has 0 aromatic carbocycles. The number of likely N-dealkylation sites (tertiary alicyclic amines) is 1. The number of anilines is 2. The molecule has 0 saturated carbocycles. The van der Waals surface area contributed by atoms with Crippen LogP contribution < -0.4 is 10.2 Å². The van der Waals surface area contributed by atoms with Gasteiger partial charge in [0.25, 0.3) is 0 Å². The maximum atomic E-state index is 12.9. The highest BCUT2D eigenvalue weighted by atomic mass is 32.1. The summed E-state index contributed by atoms with van der Waals surface area (Å²) in [5.74, 6) is 2.73. The Labute approximate surface area is 188 Å². The van der Waals surface area contributed by atoms with Gasteiger partial charge in [0.05, 0.1) is 11.8 Å². The number of thiophene rings is 1. The van der Waals surface area contributed by atoms with Crippen LogP contribution in [0.3, 0.4) is 0 Å². The van der Waals surface area contributed by atoms with Crippen molar-refractivity contribution in [1.29, 1.82) is 0 Å². The van der Waals surface area contributed by atoms with Gasteiger partial charge in [-0.15, -0.1) is 11.3 Å². The van der Waals surface area contributed by atoms with Crippen molar-refractivity contribution in [3.63, 3.8) is 0 Å². The zero-order valence-corrected chi connectivity index (χ0v) is 18.6. The Morgan fingerprint density at radius 3 is 2.72 bits per heavy atom. The lowest BCUT2D eigenvalue weighted by atomic mass is 9.88. The topological polar surface area (TPSA) is 57.2 Å². The molecule has 0 aliphatic carbocycles. The smallest absolute Gasteiger partial charge is 0.373 e. The third-order valence-corrected chi connectivity index (χ3v) is 7.45. The Bertz CT molecular complexity index is 1080. The molecule has 3 aromatic rings. The van der Waals surface area contributed by atoms with Crippen LogP contribution in [0.2, 0.25) is 0 Å². The number of halogens is 3. The predicted octanol–water partition coefficient (Wildman–Crippen LogP) is 4.19.